The van der Waals surface area contributed by atoms with Gasteiger partial charge >= 0.3 is 0 Å². The van der Waals surface area contributed by atoms with Gasteiger partial charge in [-0.2, -0.15) is 0 Å². The van der Waals surface area contributed by atoms with Gasteiger partial charge in [-0.1, -0.05) is 43.7 Å². The minimum absolute atomic E-state index is 0.473. The molecule has 2 nitrogen and oxygen atoms in total. The summed E-state index contributed by atoms with van der Waals surface area (Å²) in [6.45, 7) is 9.22. The Morgan fingerprint density at radius 2 is 1.60 bits per heavy atom. The molecule has 0 spiro atoms. The minimum atomic E-state index is 0.473. The Balaban J connectivity index is 1.76. The molecule has 2 atom stereocenters. The molecule has 0 bridgehead atoms. The second-order valence-corrected chi connectivity index (χ2v) is 5.64. The summed E-state index contributed by atoms with van der Waals surface area (Å²) in [5.41, 5.74) is 3.26. The van der Waals surface area contributed by atoms with Crippen LogP contribution >= 0.6 is 0 Å². The maximum absolute atomic E-state index is 2.48. The summed E-state index contributed by atoms with van der Waals surface area (Å²) in [6.07, 6.45) is 0.568. The van der Waals surface area contributed by atoms with Gasteiger partial charge in [0.05, 0.1) is 0 Å². The van der Waals surface area contributed by atoms with Crippen LogP contribution in [0.5, 0.6) is 0 Å². The van der Waals surface area contributed by atoms with Crippen LogP contribution < -0.4 is 0 Å². The van der Waals surface area contributed by atoms with Crippen LogP contribution in [0.15, 0.2) is 24.3 Å². The van der Waals surface area contributed by atoms with E-state index in [2.05, 4.69) is 55.1 Å². The van der Waals surface area contributed by atoms with E-state index in [0.717, 1.165) is 0 Å². The van der Waals surface area contributed by atoms with Gasteiger partial charge in [0, 0.05) is 13.1 Å². The summed E-state index contributed by atoms with van der Waals surface area (Å²) in [5, 5.41) is 4.95. The summed E-state index contributed by atoms with van der Waals surface area (Å²) in [6, 6.07) is 8.92. The van der Waals surface area contributed by atoms with Gasteiger partial charge < -0.3 is 0 Å². The quantitative estimate of drug-likeness (QED) is 0.645. The molecule has 2 fully saturated rings. The van der Waals surface area contributed by atoms with Gasteiger partial charge in [0.25, 0.3) is 0 Å². The summed E-state index contributed by atoms with van der Waals surface area (Å²) < 4.78 is 0. The van der Waals surface area contributed by atoms with Crippen LogP contribution in [0.4, 0.5) is 0 Å². The standard InChI is InChI=1S/C13H18N2/c1-10-4-6-11(7-5-10)12-14-8-13(2,3)9-15(12)14/h4-7,12H,8-9H2,1-3H3. The van der Waals surface area contributed by atoms with E-state index in [1.807, 2.05) is 0 Å². The van der Waals surface area contributed by atoms with Crippen molar-refractivity contribution in [1.82, 2.24) is 10.0 Å². The van der Waals surface area contributed by atoms with E-state index in [1.54, 1.807) is 0 Å². The van der Waals surface area contributed by atoms with Gasteiger partial charge in [0.2, 0.25) is 0 Å². The maximum atomic E-state index is 2.48. The predicted molar refractivity (Wildman–Crippen MR) is 61.1 cm³/mol. The van der Waals surface area contributed by atoms with Crippen molar-refractivity contribution < 1.29 is 0 Å². The fourth-order valence-corrected chi connectivity index (χ4v) is 2.61. The van der Waals surface area contributed by atoms with Crippen molar-refractivity contribution in [3.8, 4) is 0 Å². The van der Waals surface area contributed by atoms with Crippen molar-refractivity contribution >= 4 is 0 Å². The lowest BCUT2D eigenvalue weighted by molar-refractivity contribution is 0.342. The normalized spacial score (nSPS) is 36.3. The smallest absolute Gasteiger partial charge is 0.115 e. The third-order valence-electron chi connectivity index (χ3n) is 3.40. The Morgan fingerprint density at radius 3 is 2.13 bits per heavy atom. The second kappa shape index (κ2) is 2.83. The summed E-state index contributed by atoms with van der Waals surface area (Å²) in [4.78, 5) is 0. The Kier molecular flexibility index (Phi) is 1.77. The molecule has 0 amide bonds. The molecule has 0 aromatic heterocycles. The Bertz CT molecular complexity index is 366. The molecular weight excluding hydrogens is 184 g/mol. The zero-order valence-electron chi connectivity index (χ0n) is 9.70. The molecule has 1 aromatic carbocycles. The Morgan fingerprint density at radius 1 is 1.07 bits per heavy atom. The van der Waals surface area contributed by atoms with Crippen molar-refractivity contribution in [2.45, 2.75) is 26.9 Å². The first-order valence-corrected chi connectivity index (χ1v) is 5.67. The molecule has 0 aliphatic carbocycles. The number of hydrazine groups is 1. The molecule has 15 heavy (non-hydrogen) atoms. The Hall–Kier alpha value is -0.860. The first-order chi connectivity index (χ1) is 7.07. The molecule has 1 aromatic rings. The van der Waals surface area contributed by atoms with Gasteiger partial charge in [-0.15, -0.1) is 0 Å². The van der Waals surface area contributed by atoms with E-state index in [1.165, 1.54) is 24.2 Å². The van der Waals surface area contributed by atoms with Crippen LogP contribution in [0, 0.1) is 12.3 Å². The number of hydrogen-bond acceptors (Lipinski definition) is 2. The number of hydrogen-bond donors (Lipinski definition) is 0. The van der Waals surface area contributed by atoms with Crippen molar-refractivity contribution in [2.24, 2.45) is 5.41 Å². The SMILES string of the molecule is Cc1ccc(C2N3CC(C)(C)CN23)cc1. The summed E-state index contributed by atoms with van der Waals surface area (Å²) in [5.74, 6) is 0. The molecule has 2 heteroatoms. The minimum Gasteiger partial charge on any atom is -0.216 e. The third-order valence-corrected chi connectivity index (χ3v) is 3.40. The van der Waals surface area contributed by atoms with Crippen LogP contribution in [-0.4, -0.2) is 23.1 Å². The fraction of sp³-hybridized carbons (Fsp3) is 0.538. The van der Waals surface area contributed by atoms with Crippen LogP contribution in [0.2, 0.25) is 0 Å². The summed E-state index contributed by atoms with van der Waals surface area (Å²) in [7, 11) is 0. The average Bonchev–Trinajstić information content (AvgIpc) is 2.68. The lowest BCUT2D eigenvalue weighted by atomic mass is 9.93. The maximum Gasteiger partial charge on any atom is 0.115 e. The van der Waals surface area contributed by atoms with E-state index in [-0.39, 0.29) is 0 Å². The fourth-order valence-electron chi connectivity index (χ4n) is 2.61. The third kappa shape index (κ3) is 1.48. The van der Waals surface area contributed by atoms with E-state index < -0.39 is 0 Å². The highest BCUT2D eigenvalue weighted by atomic mass is 15.9. The van der Waals surface area contributed by atoms with E-state index in [0.29, 0.717) is 11.6 Å². The van der Waals surface area contributed by atoms with Crippen molar-refractivity contribution in [3.05, 3.63) is 35.4 Å². The van der Waals surface area contributed by atoms with Crippen LogP contribution in [0.25, 0.3) is 0 Å². The Labute approximate surface area is 91.5 Å². The molecule has 0 saturated carbocycles. The van der Waals surface area contributed by atoms with E-state index in [9.17, 15) is 0 Å². The molecule has 2 aliphatic rings. The molecule has 2 heterocycles. The highest BCUT2D eigenvalue weighted by Gasteiger charge is 2.55. The van der Waals surface area contributed by atoms with Gasteiger partial charge in [-0.3, -0.25) is 0 Å². The molecule has 0 radical (unpaired) electrons. The molecule has 0 N–H and O–H groups in total. The van der Waals surface area contributed by atoms with Crippen LogP contribution in [0.1, 0.15) is 31.1 Å². The zero-order valence-corrected chi connectivity index (χ0v) is 9.70. The van der Waals surface area contributed by atoms with Gasteiger partial charge in [0.15, 0.2) is 0 Å². The molecule has 3 rings (SSSR count). The lowest BCUT2D eigenvalue weighted by Gasteiger charge is -2.18. The lowest BCUT2D eigenvalue weighted by Crippen LogP contribution is -2.22. The highest BCUT2D eigenvalue weighted by molar-refractivity contribution is 5.27. The molecule has 2 unspecified atom stereocenters. The number of aryl methyl sites for hydroxylation is 1. The molecule has 2 saturated heterocycles. The van der Waals surface area contributed by atoms with Crippen molar-refractivity contribution in [1.29, 1.82) is 0 Å². The van der Waals surface area contributed by atoms with Gasteiger partial charge in [-0.25, -0.2) is 10.0 Å². The van der Waals surface area contributed by atoms with E-state index in [4.69, 9.17) is 0 Å². The molecule has 80 valence electrons. The predicted octanol–water partition coefficient (Wildman–Crippen LogP) is 2.57. The number of fused-ring (bicyclic) bond motifs is 1. The van der Waals surface area contributed by atoms with Crippen LogP contribution in [0.3, 0.4) is 0 Å². The second-order valence-electron chi connectivity index (χ2n) is 5.64. The zero-order chi connectivity index (χ0) is 10.6. The average molecular weight is 202 g/mol. The largest absolute Gasteiger partial charge is 0.216 e. The molecular formula is C13H18N2. The first-order valence-electron chi connectivity index (χ1n) is 5.67. The number of rotatable bonds is 1. The first kappa shape index (κ1) is 9.37. The number of benzene rings is 1. The van der Waals surface area contributed by atoms with Crippen LogP contribution in [-0.2, 0) is 0 Å². The van der Waals surface area contributed by atoms with Gasteiger partial charge in [-0.05, 0) is 17.9 Å². The topological polar surface area (TPSA) is 6.02 Å². The monoisotopic (exact) mass is 202 g/mol. The highest BCUT2D eigenvalue weighted by Crippen LogP contribution is 2.50. The number of nitrogens with zero attached hydrogens (tertiary/aromatic N) is 2. The van der Waals surface area contributed by atoms with Crippen molar-refractivity contribution in [2.75, 3.05) is 13.1 Å². The van der Waals surface area contributed by atoms with Crippen molar-refractivity contribution in [3.63, 3.8) is 0 Å². The van der Waals surface area contributed by atoms with Gasteiger partial charge in [0.1, 0.15) is 6.17 Å². The van der Waals surface area contributed by atoms with E-state index >= 15 is 0 Å². The molecule has 2 aliphatic heterocycles. The summed E-state index contributed by atoms with van der Waals surface area (Å²) >= 11 is 0.